The molecule has 1 aliphatic rings. The highest BCUT2D eigenvalue weighted by Crippen LogP contribution is 2.28. The maximum absolute atomic E-state index is 13.3. The lowest BCUT2D eigenvalue weighted by molar-refractivity contribution is -0.169. The smallest absolute Gasteiger partial charge is 0.255 e. The van der Waals surface area contributed by atoms with Crippen LogP contribution < -0.4 is 0 Å². The first-order valence-corrected chi connectivity index (χ1v) is 10.7. The summed E-state index contributed by atoms with van der Waals surface area (Å²) >= 11 is 0. The van der Waals surface area contributed by atoms with Crippen molar-refractivity contribution in [2.24, 2.45) is 0 Å². The van der Waals surface area contributed by atoms with Crippen LogP contribution in [0.3, 0.4) is 0 Å². The van der Waals surface area contributed by atoms with Crippen molar-refractivity contribution in [2.45, 2.75) is 18.6 Å². The predicted molar refractivity (Wildman–Crippen MR) is 122 cm³/mol. The van der Waals surface area contributed by atoms with Gasteiger partial charge in [0, 0.05) is 52.5 Å². The Morgan fingerprint density at radius 2 is 1.74 bits per heavy atom. The molecule has 2 heterocycles. The molecule has 0 N–H and O–H groups in total. The Morgan fingerprint density at radius 1 is 1.00 bits per heavy atom. The molecular formula is C26H29N3O2. The molecule has 31 heavy (non-hydrogen) atoms. The molecule has 1 aliphatic heterocycles. The van der Waals surface area contributed by atoms with E-state index in [9.17, 15) is 4.79 Å². The monoisotopic (exact) mass is 415 g/mol. The number of carbonyl (C=O) groups is 1. The molecule has 0 aliphatic carbocycles. The van der Waals surface area contributed by atoms with Gasteiger partial charge in [0.25, 0.3) is 5.91 Å². The van der Waals surface area contributed by atoms with Crippen LogP contribution in [0.25, 0.3) is 11.1 Å². The van der Waals surface area contributed by atoms with Crippen LogP contribution in [0.5, 0.6) is 0 Å². The second kappa shape index (κ2) is 9.41. The number of carbonyl (C=O) groups excluding carboxylic acids is 1. The molecule has 1 aromatic heterocycles. The van der Waals surface area contributed by atoms with Crippen molar-refractivity contribution in [1.82, 2.24) is 14.8 Å². The minimum Gasteiger partial charge on any atom is -0.362 e. The predicted octanol–water partition coefficient (Wildman–Crippen LogP) is 3.65. The number of aromatic nitrogens is 1. The maximum atomic E-state index is 13.3. The van der Waals surface area contributed by atoms with Gasteiger partial charge < -0.3 is 9.64 Å². The third-order valence-electron chi connectivity index (χ3n) is 5.74. The number of pyridine rings is 1. The largest absolute Gasteiger partial charge is 0.362 e. The van der Waals surface area contributed by atoms with Gasteiger partial charge in [0.05, 0.1) is 6.61 Å². The summed E-state index contributed by atoms with van der Waals surface area (Å²) in [4.78, 5) is 21.4. The van der Waals surface area contributed by atoms with Crippen LogP contribution in [0.2, 0.25) is 0 Å². The van der Waals surface area contributed by atoms with E-state index in [1.54, 1.807) is 19.0 Å². The van der Waals surface area contributed by atoms with E-state index in [1.807, 2.05) is 42.7 Å². The third kappa shape index (κ3) is 5.01. The summed E-state index contributed by atoms with van der Waals surface area (Å²) in [5.41, 5.74) is 3.71. The SMILES string of the molecule is CN(C)C(=O)[C@]1(Cc2cccc(-c3ccccc3)c2)CN(Cc2ccncc2)CCO1. The highest BCUT2D eigenvalue weighted by Gasteiger charge is 2.44. The van der Waals surface area contributed by atoms with Crippen LogP contribution in [-0.4, -0.2) is 60.1 Å². The zero-order chi connectivity index (χ0) is 21.7. The Balaban J connectivity index is 1.60. The van der Waals surface area contributed by atoms with E-state index in [4.69, 9.17) is 4.74 Å². The summed E-state index contributed by atoms with van der Waals surface area (Å²) in [6, 6.07) is 22.8. The summed E-state index contributed by atoms with van der Waals surface area (Å²) in [7, 11) is 3.60. The Morgan fingerprint density at radius 3 is 2.48 bits per heavy atom. The van der Waals surface area contributed by atoms with Crippen LogP contribution in [0.15, 0.2) is 79.1 Å². The molecule has 5 nitrogen and oxygen atoms in total. The second-order valence-corrected chi connectivity index (χ2v) is 8.35. The number of benzene rings is 2. The highest BCUT2D eigenvalue weighted by atomic mass is 16.5. The number of nitrogens with zero attached hydrogens (tertiary/aromatic N) is 3. The molecule has 0 radical (unpaired) electrons. The fourth-order valence-electron chi connectivity index (χ4n) is 4.28. The van der Waals surface area contributed by atoms with Gasteiger partial charge in [-0.05, 0) is 34.4 Å². The summed E-state index contributed by atoms with van der Waals surface area (Å²) in [5.74, 6) is 0.0112. The van der Waals surface area contributed by atoms with E-state index in [-0.39, 0.29) is 5.91 Å². The van der Waals surface area contributed by atoms with Crippen LogP contribution in [0.4, 0.5) is 0 Å². The molecular weight excluding hydrogens is 386 g/mol. The van der Waals surface area contributed by atoms with E-state index in [0.29, 0.717) is 19.6 Å². The molecule has 0 unspecified atom stereocenters. The van der Waals surface area contributed by atoms with E-state index >= 15 is 0 Å². The van der Waals surface area contributed by atoms with E-state index < -0.39 is 5.60 Å². The molecule has 2 aromatic carbocycles. The first-order chi connectivity index (χ1) is 15.1. The molecule has 1 fully saturated rings. The van der Waals surface area contributed by atoms with Gasteiger partial charge in [-0.1, -0.05) is 54.6 Å². The number of amides is 1. The first kappa shape index (κ1) is 21.2. The van der Waals surface area contributed by atoms with E-state index in [1.165, 1.54) is 11.1 Å². The van der Waals surface area contributed by atoms with Crippen LogP contribution in [0, 0.1) is 0 Å². The average Bonchev–Trinajstić information content (AvgIpc) is 2.80. The Bertz CT molecular complexity index is 1010. The van der Waals surface area contributed by atoms with Crippen molar-refractivity contribution in [3.63, 3.8) is 0 Å². The van der Waals surface area contributed by atoms with Crippen molar-refractivity contribution in [3.05, 3.63) is 90.3 Å². The fourth-order valence-corrected chi connectivity index (χ4v) is 4.28. The molecule has 0 saturated carbocycles. The molecule has 160 valence electrons. The number of ether oxygens (including phenoxy) is 1. The van der Waals surface area contributed by atoms with Crippen molar-refractivity contribution >= 4 is 5.91 Å². The topological polar surface area (TPSA) is 45.7 Å². The van der Waals surface area contributed by atoms with Crippen molar-refractivity contribution < 1.29 is 9.53 Å². The zero-order valence-electron chi connectivity index (χ0n) is 18.2. The van der Waals surface area contributed by atoms with Crippen molar-refractivity contribution in [1.29, 1.82) is 0 Å². The molecule has 0 spiro atoms. The van der Waals surface area contributed by atoms with Crippen molar-refractivity contribution in [2.75, 3.05) is 33.8 Å². The number of hydrogen-bond donors (Lipinski definition) is 0. The van der Waals surface area contributed by atoms with Crippen LogP contribution in [-0.2, 0) is 22.5 Å². The van der Waals surface area contributed by atoms with E-state index in [0.717, 1.165) is 24.2 Å². The fraction of sp³-hybridized carbons (Fsp3) is 0.308. The molecule has 1 saturated heterocycles. The Kier molecular flexibility index (Phi) is 6.44. The summed E-state index contributed by atoms with van der Waals surface area (Å²) in [6.07, 6.45) is 4.16. The standard InChI is InChI=1S/C26H29N3O2/c1-28(2)25(30)26(20-29(15-16-31-26)19-21-11-13-27-14-12-21)18-22-7-6-10-24(17-22)23-8-4-3-5-9-23/h3-14,17H,15-16,18-20H2,1-2H3/t26-/m0/s1. The minimum absolute atomic E-state index is 0.0112. The normalized spacial score (nSPS) is 19.2. The summed E-state index contributed by atoms with van der Waals surface area (Å²) < 4.78 is 6.26. The van der Waals surface area contributed by atoms with Crippen LogP contribution >= 0.6 is 0 Å². The van der Waals surface area contributed by atoms with Gasteiger partial charge in [-0.3, -0.25) is 14.7 Å². The maximum Gasteiger partial charge on any atom is 0.255 e. The Hall–Kier alpha value is -3.02. The van der Waals surface area contributed by atoms with Gasteiger partial charge in [0.15, 0.2) is 5.60 Å². The lowest BCUT2D eigenvalue weighted by Crippen LogP contribution is -2.60. The second-order valence-electron chi connectivity index (χ2n) is 8.35. The van der Waals surface area contributed by atoms with Gasteiger partial charge in [-0.2, -0.15) is 0 Å². The summed E-state index contributed by atoms with van der Waals surface area (Å²) in [6.45, 7) is 2.66. The quantitative estimate of drug-likeness (QED) is 0.617. The number of rotatable bonds is 6. The molecule has 4 rings (SSSR count). The molecule has 1 amide bonds. The van der Waals surface area contributed by atoms with Gasteiger partial charge in [-0.15, -0.1) is 0 Å². The number of hydrogen-bond acceptors (Lipinski definition) is 4. The average molecular weight is 416 g/mol. The molecule has 1 atom stereocenters. The number of morpholine rings is 1. The van der Waals surface area contributed by atoms with Crippen molar-refractivity contribution in [3.8, 4) is 11.1 Å². The van der Waals surface area contributed by atoms with Gasteiger partial charge in [-0.25, -0.2) is 0 Å². The zero-order valence-corrected chi connectivity index (χ0v) is 18.2. The van der Waals surface area contributed by atoms with Gasteiger partial charge in [0.2, 0.25) is 0 Å². The molecule has 3 aromatic rings. The molecule has 5 heteroatoms. The third-order valence-corrected chi connectivity index (χ3v) is 5.74. The minimum atomic E-state index is -0.899. The van der Waals surface area contributed by atoms with Gasteiger partial charge >= 0.3 is 0 Å². The van der Waals surface area contributed by atoms with Gasteiger partial charge in [0.1, 0.15) is 0 Å². The first-order valence-electron chi connectivity index (χ1n) is 10.7. The molecule has 0 bridgehead atoms. The number of likely N-dealkylation sites (N-methyl/N-ethyl adjacent to an activating group) is 1. The van der Waals surface area contributed by atoms with E-state index in [2.05, 4.69) is 46.3 Å². The Labute approximate surface area is 184 Å². The summed E-state index contributed by atoms with van der Waals surface area (Å²) in [5, 5.41) is 0. The van der Waals surface area contributed by atoms with Crippen LogP contribution in [0.1, 0.15) is 11.1 Å². The lowest BCUT2D eigenvalue weighted by Gasteiger charge is -2.43. The lowest BCUT2D eigenvalue weighted by atomic mass is 9.89. The highest BCUT2D eigenvalue weighted by molar-refractivity contribution is 5.86.